The Morgan fingerprint density at radius 1 is 0.923 bits per heavy atom. The van der Waals surface area contributed by atoms with Crippen LogP contribution in [0.2, 0.25) is 0 Å². The first-order valence-corrected chi connectivity index (χ1v) is 9.05. The Labute approximate surface area is 160 Å². The second-order valence-electron chi connectivity index (χ2n) is 6.06. The Hall–Kier alpha value is -2.87. The van der Waals surface area contributed by atoms with Crippen LogP contribution < -0.4 is 0 Å². The molecule has 2 aromatic carbocycles. The molecule has 0 atom stereocenters. The third-order valence-corrected chi connectivity index (χ3v) is 4.35. The van der Waals surface area contributed by atoms with Crippen LogP contribution in [0.5, 0.6) is 0 Å². The highest BCUT2D eigenvalue weighted by atomic mass is 32.1. The molecule has 0 saturated heterocycles. The molecule has 0 N–H and O–H groups in total. The second-order valence-corrected chi connectivity index (χ2v) is 6.24. The third-order valence-electron chi connectivity index (χ3n) is 4.26. The highest BCUT2D eigenvalue weighted by Crippen LogP contribution is 2.24. The van der Waals surface area contributed by atoms with Gasteiger partial charge in [0, 0.05) is 17.3 Å². The van der Waals surface area contributed by atoms with E-state index in [0.29, 0.717) is 0 Å². The number of rotatable bonds is 7. The number of nitrogens with zero attached hydrogens (tertiary/aromatic N) is 2. The van der Waals surface area contributed by atoms with Crippen molar-refractivity contribution in [2.45, 2.75) is 19.3 Å². The SMILES string of the molecule is C=CCCCc1ccc(-c2ccc(-c3ccc(N=C=S)cc3)nc2)cc1. The summed E-state index contributed by atoms with van der Waals surface area (Å²) < 4.78 is 0. The van der Waals surface area contributed by atoms with Gasteiger partial charge in [-0.15, -0.1) is 6.58 Å². The first-order valence-electron chi connectivity index (χ1n) is 8.65. The van der Waals surface area contributed by atoms with Gasteiger partial charge in [-0.05, 0) is 60.8 Å². The summed E-state index contributed by atoms with van der Waals surface area (Å²) in [5.41, 5.74) is 6.45. The van der Waals surface area contributed by atoms with Gasteiger partial charge in [-0.3, -0.25) is 4.98 Å². The normalized spacial score (nSPS) is 10.2. The summed E-state index contributed by atoms with van der Waals surface area (Å²) in [5.74, 6) is 0. The standard InChI is InChI=1S/C23H20N2S/c1-2-3-4-5-18-6-8-19(9-7-18)21-12-15-23(24-16-21)20-10-13-22(14-11-20)25-17-26/h2,6-16H,1,3-5H2. The summed E-state index contributed by atoms with van der Waals surface area (Å²) in [6, 6.07) is 20.7. The van der Waals surface area contributed by atoms with Gasteiger partial charge in [0.1, 0.15) is 0 Å². The van der Waals surface area contributed by atoms with Crippen molar-refractivity contribution in [3.8, 4) is 22.4 Å². The van der Waals surface area contributed by atoms with Crippen LogP contribution in [-0.2, 0) is 6.42 Å². The molecular weight excluding hydrogens is 336 g/mol. The van der Waals surface area contributed by atoms with Crippen LogP contribution in [0.3, 0.4) is 0 Å². The monoisotopic (exact) mass is 356 g/mol. The Bertz CT molecular complexity index is 904. The van der Waals surface area contributed by atoms with Crippen LogP contribution in [0.25, 0.3) is 22.4 Å². The Kier molecular flexibility index (Phi) is 6.21. The predicted molar refractivity (Wildman–Crippen MR) is 113 cm³/mol. The topological polar surface area (TPSA) is 25.2 Å². The van der Waals surface area contributed by atoms with Crippen LogP contribution in [0, 0.1) is 0 Å². The van der Waals surface area contributed by atoms with E-state index in [9.17, 15) is 0 Å². The van der Waals surface area contributed by atoms with Gasteiger partial charge in [-0.1, -0.05) is 48.5 Å². The van der Waals surface area contributed by atoms with Crippen LogP contribution in [0.15, 0.2) is 84.5 Å². The highest BCUT2D eigenvalue weighted by Gasteiger charge is 2.03. The number of aryl methyl sites for hydroxylation is 1. The predicted octanol–water partition coefficient (Wildman–Crippen LogP) is 6.66. The number of aromatic nitrogens is 1. The number of isothiocyanates is 1. The van der Waals surface area contributed by atoms with E-state index in [1.807, 2.05) is 42.6 Å². The molecule has 0 spiro atoms. The van der Waals surface area contributed by atoms with Crippen molar-refractivity contribution >= 4 is 23.1 Å². The number of allylic oxidation sites excluding steroid dienone is 1. The smallest absolute Gasteiger partial charge is 0.0740 e. The van der Waals surface area contributed by atoms with E-state index in [-0.39, 0.29) is 0 Å². The molecule has 3 rings (SSSR count). The maximum Gasteiger partial charge on any atom is 0.0740 e. The van der Waals surface area contributed by atoms with E-state index in [1.54, 1.807) is 0 Å². The quantitative estimate of drug-likeness (QED) is 0.205. The van der Waals surface area contributed by atoms with Crippen molar-refractivity contribution in [2.75, 3.05) is 0 Å². The summed E-state index contributed by atoms with van der Waals surface area (Å²) in [6.07, 6.45) is 7.19. The van der Waals surface area contributed by atoms with Crippen molar-refractivity contribution in [1.29, 1.82) is 0 Å². The zero-order valence-corrected chi connectivity index (χ0v) is 15.4. The molecule has 3 heteroatoms. The maximum absolute atomic E-state index is 4.62. The Morgan fingerprint density at radius 2 is 1.62 bits per heavy atom. The number of unbranched alkanes of at least 4 members (excludes halogenated alkanes) is 1. The van der Waals surface area contributed by atoms with E-state index in [1.165, 1.54) is 11.1 Å². The first kappa shape index (κ1) is 17.9. The molecular formula is C23H20N2S. The highest BCUT2D eigenvalue weighted by molar-refractivity contribution is 7.78. The average Bonchev–Trinajstić information content (AvgIpc) is 2.70. The van der Waals surface area contributed by atoms with Crippen LogP contribution >= 0.6 is 12.2 Å². The fourth-order valence-electron chi connectivity index (χ4n) is 2.81. The first-order chi connectivity index (χ1) is 12.8. The fourth-order valence-corrected chi connectivity index (χ4v) is 2.91. The summed E-state index contributed by atoms with van der Waals surface area (Å²) in [7, 11) is 0. The number of thiocarbonyl (C=S) groups is 1. The molecule has 128 valence electrons. The number of hydrogen-bond donors (Lipinski definition) is 0. The molecule has 0 saturated carbocycles. The minimum Gasteiger partial charge on any atom is -0.256 e. The Balaban J connectivity index is 1.72. The lowest BCUT2D eigenvalue weighted by Crippen LogP contribution is -1.87. The van der Waals surface area contributed by atoms with E-state index >= 15 is 0 Å². The van der Waals surface area contributed by atoms with Gasteiger partial charge < -0.3 is 0 Å². The number of pyridine rings is 1. The lowest BCUT2D eigenvalue weighted by Gasteiger charge is -2.06. The molecule has 0 unspecified atom stereocenters. The summed E-state index contributed by atoms with van der Waals surface area (Å²) in [4.78, 5) is 8.57. The molecule has 2 nitrogen and oxygen atoms in total. The number of benzene rings is 2. The lowest BCUT2D eigenvalue weighted by atomic mass is 10.0. The molecule has 0 bridgehead atoms. The second kappa shape index (κ2) is 9.00. The number of hydrogen-bond acceptors (Lipinski definition) is 3. The molecule has 1 aromatic heterocycles. The van der Waals surface area contributed by atoms with Crippen molar-refractivity contribution in [2.24, 2.45) is 4.99 Å². The summed E-state index contributed by atoms with van der Waals surface area (Å²) >= 11 is 4.62. The van der Waals surface area contributed by atoms with E-state index in [2.05, 4.69) is 64.3 Å². The van der Waals surface area contributed by atoms with Gasteiger partial charge in [-0.2, -0.15) is 4.99 Å². The van der Waals surface area contributed by atoms with Crippen molar-refractivity contribution in [3.05, 3.63) is 85.1 Å². The van der Waals surface area contributed by atoms with Crippen LogP contribution in [0.1, 0.15) is 18.4 Å². The fraction of sp³-hybridized carbons (Fsp3) is 0.130. The van der Waals surface area contributed by atoms with E-state index in [4.69, 9.17) is 0 Å². The largest absolute Gasteiger partial charge is 0.256 e. The third kappa shape index (κ3) is 4.60. The minimum absolute atomic E-state index is 0.800. The molecule has 0 fully saturated rings. The van der Waals surface area contributed by atoms with Crippen LogP contribution in [-0.4, -0.2) is 10.1 Å². The van der Waals surface area contributed by atoms with Gasteiger partial charge in [-0.25, -0.2) is 0 Å². The lowest BCUT2D eigenvalue weighted by molar-refractivity contribution is 0.844. The van der Waals surface area contributed by atoms with Gasteiger partial charge in [0.25, 0.3) is 0 Å². The van der Waals surface area contributed by atoms with E-state index < -0.39 is 0 Å². The summed E-state index contributed by atoms with van der Waals surface area (Å²) in [5, 5.41) is 2.38. The zero-order valence-electron chi connectivity index (χ0n) is 14.6. The summed E-state index contributed by atoms with van der Waals surface area (Å²) in [6.45, 7) is 3.77. The molecule has 0 amide bonds. The molecule has 0 aliphatic heterocycles. The molecule has 26 heavy (non-hydrogen) atoms. The molecule has 0 radical (unpaired) electrons. The molecule has 0 aliphatic carbocycles. The molecule has 1 heterocycles. The van der Waals surface area contributed by atoms with Gasteiger partial charge in [0.2, 0.25) is 0 Å². The molecule has 3 aromatic rings. The van der Waals surface area contributed by atoms with Gasteiger partial charge in [0.05, 0.1) is 16.5 Å². The van der Waals surface area contributed by atoms with Crippen LogP contribution in [0.4, 0.5) is 5.69 Å². The van der Waals surface area contributed by atoms with Gasteiger partial charge in [0.15, 0.2) is 0 Å². The van der Waals surface area contributed by atoms with Gasteiger partial charge >= 0.3 is 0 Å². The van der Waals surface area contributed by atoms with Crippen molar-refractivity contribution in [3.63, 3.8) is 0 Å². The zero-order chi connectivity index (χ0) is 18.2. The number of aliphatic imine (C=N–C) groups is 1. The average molecular weight is 356 g/mol. The Morgan fingerprint density at radius 3 is 2.23 bits per heavy atom. The van der Waals surface area contributed by atoms with Crippen molar-refractivity contribution in [1.82, 2.24) is 4.98 Å². The van der Waals surface area contributed by atoms with E-state index in [0.717, 1.165) is 41.8 Å². The maximum atomic E-state index is 4.62. The minimum atomic E-state index is 0.800. The van der Waals surface area contributed by atoms with Crippen molar-refractivity contribution < 1.29 is 0 Å². The molecule has 0 aliphatic rings.